The number of fused-ring (bicyclic) bond motifs is 2. The van der Waals surface area contributed by atoms with Crippen molar-refractivity contribution in [3.63, 3.8) is 0 Å². The SMILES string of the molecule is C.CN1C(=O)[C@@H](NC(=O)C2=NN=C(Cc3ccccc3)C2)COc2cc3nccnc3cc21. The predicted octanol–water partition coefficient (Wildman–Crippen LogP) is 2.55. The molecule has 3 aromatic rings. The molecule has 0 bridgehead atoms. The van der Waals surface area contributed by atoms with E-state index in [0.717, 1.165) is 11.3 Å². The summed E-state index contributed by atoms with van der Waals surface area (Å²) < 4.78 is 5.86. The number of carbonyl (C=O) groups is 2. The van der Waals surface area contributed by atoms with Gasteiger partial charge in [-0.3, -0.25) is 19.6 Å². The molecule has 1 aromatic heterocycles. The zero-order valence-electron chi connectivity index (χ0n) is 17.4. The number of nitrogens with zero attached hydrogens (tertiary/aromatic N) is 5. The van der Waals surface area contributed by atoms with Crippen molar-refractivity contribution in [1.29, 1.82) is 0 Å². The Hall–Kier alpha value is -4.14. The summed E-state index contributed by atoms with van der Waals surface area (Å²) in [5, 5.41) is 10.9. The summed E-state index contributed by atoms with van der Waals surface area (Å²) in [7, 11) is 1.64. The molecule has 0 aliphatic carbocycles. The van der Waals surface area contributed by atoms with Crippen LogP contribution in [0.25, 0.3) is 11.0 Å². The molecule has 2 aromatic carbocycles. The van der Waals surface area contributed by atoms with E-state index in [1.54, 1.807) is 31.6 Å². The number of hydrogen-bond acceptors (Lipinski definition) is 7. The highest BCUT2D eigenvalue weighted by molar-refractivity contribution is 6.43. The number of amides is 2. The summed E-state index contributed by atoms with van der Waals surface area (Å²) in [6.07, 6.45) is 4.16. The van der Waals surface area contributed by atoms with Crippen LogP contribution in [0.4, 0.5) is 5.69 Å². The monoisotopic (exact) mass is 444 g/mol. The van der Waals surface area contributed by atoms with Crippen molar-refractivity contribution in [2.24, 2.45) is 10.2 Å². The van der Waals surface area contributed by atoms with Crippen LogP contribution in [0, 0.1) is 0 Å². The lowest BCUT2D eigenvalue weighted by Crippen LogP contribution is -2.51. The highest BCUT2D eigenvalue weighted by atomic mass is 16.5. The first-order valence-corrected chi connectivity index (χ1v) is 10.2. The van der Waals surface area contributed by atoms with Gasteiger partial charge in [0.2, 0.25) is 0 Å². The van der Waals surface area contributed by atoms with Gasteiger partial charge >= 0.3 is 0 Å². The van der Waals surface area contributed by atoms with Gasteiger partial charge in [-0.1, -0.05) is 37.8 Å². The number of carbonyl (C=O) groups excluding carboxylic acids is 2. The summed E-state index contributed by atoms with van der Waals surface area (Å²) in [5.41, 5.74) is 4.09. The van der Waals surface area contributed by atoms with Gasteiger partial charge in [-0.05, 0) is 11.6 Å². The average molecular weight is 444 g/mol. The maximum Gasteiger partial charge on any atom is 0.268 e. The smallest absolute Gasteiger partial charge is 0.268 e. The molecule has 2 amide bonds. The van der Waals surface area contributed by atoms with E-state index in [4.69, 9.17) is 4.74 Å². The Morgan fingerprint density at radius 3 is 2.61 bits per heavy atom. The Balaban J connectivity index is 0.00000259. The summed E-state index contributed by atoms with van der Waals surface area (Å²) in [5.74, 6) is -0.201. The van der Waals surface area contributed by atoms with Crippen LogP contribution in [0.1, 0.15) is 19.4 Å². The standard InChI is InChI=1S/C23H20N6O3.CH4/c1-29-20-11-16-17(25-8-7-24-16)12-21(20)32-13-19(23(29)31)26-22(30)18-10-15(27-28-18)9-14-5-3-2-4-6-14;/h2-8,11-12,19H,9-10,13H2,1H3,(H,26,30);1H4/t19-;/m0./s1. The minimum absolute atomic E-state index is 0. The number of aromatic nitrogens is 2. The first-order valence-electron chi connectivity index (χ1n) is 10.2. The molecule has 2 aliphatic rings. The molecule has 0 radical (unpaired) electrons. The third-order valence-corrected chi connectivity index (χ3v) is 5.45. The van der Waals surface area contributed by atoms with Gasteiger partial charge in [0.25, 0.3) is 11.8 Å². The quantitative estimate of drug-likeness (QED) is 0.665. The molecule has 9 nitrogen and oxygen atoms in total. The minimum atomic E-state index is -0.857. The van der Waals surface area contributed by atoms with Crippen molar-refractivity contribution in [2.45, 2.75) is 26.3 Å². The predicted molar refractivity (Wildman–Crippen MR) is 127 cm³/mol. The third-order valence-electron chi connectivity index (χ3n) is 5.45. The van der Waals surface area contributed by atoms with Crippen LogP contribution in [0.2, 0.25) is 0 Å². The number of ether oxygens (including phenoxy) is 1. The van der Waals surface area contributed by atoms with Crippen LogP contribution in [0.15, 0.2) is 65.1 Å². The molecular weight excluding hydrogens is 420 g/mol. The van der Waals surface area contributed by atoms with E-state index < -0.39 is 11.9 Å². The second-order valence-corrected chi connectivity index (χ2v) is 7.65. The molecule has 0 saturated carbocycles. The van der Waals surface area contributed by atoms with Gasteiger partial charge in [0, 0.05) is 38.3 Å². The van der Waals surface area contributed by atoms with Gasteiger partial charge in [0.15, 0.2) is 0 Å². The van der Waals surface area contributed by atoms with Crippen LogP contribution in [0.3, 0.4) is 0 Å². The van der Waals surface area contributed by atoms with Crippen molar-refractivity contribution in [3.8, 4) is 5.75 Å². The number of likely N-dealkylation sites (N-methyl/N-ethyl adjacent to an activating group) is 1. The Kier molecular flexibility index (Phi) is 6.12. The molecule has 1 atom stereocenters. The number of hydrogen-bond donors (Lipinski definition) is 1. The van der Waals surface area contributed by atoms with E-state index in [-0.39, 0.29) is 25.7 Å². The van der Waals surface area contributed by atoms with Crippen molar-refractivity contribution in [3.05, 3.63) is 60.4 Å². The maximum atomic E-state index is 13.0. The Morgan fingerprint density at radius 2 is 1.85 bits per heavy atom. The van der Waals surface area contributed by atoms with Gasteiger partial charge in [-0.25, -0.2) is 0 Å². The molecule has 0 saturated heterocycles. The van der Waals surface area contributed by atoms with Gasteiger partial charge in [0.1, 0.15) is 24.1 Å². The molecule has 0 fully saturated rings. The number of anilines is 1. The van der Waals surface area contributed by atoms with E-state index >= 15 is 0 Å². The van der Waals surface area contributed by atoms with Crippen molar-refractivity contribution in [2.75, 3.05) is 18.6 Å². The van der Waals surface area contributed by atoms with E-state index in [1.165, 1.54) is 4.90 Å². The minimum Gasteiger partial charge on any atom is -0.489 e. The fourth-order valence-corrected chi connectivity index (χ4v) is 3.75. The molecular formula is C24H24N6O3. The lowest BCUT2D eigenvalue weighted by atomic mass is 10.0. The summed E-state index contributed by atoms with van der Waals surface area (Å²) in [6.45, 7) is -0.00130. The lowest BCUT2D eigenvalue weighted by Gasteiger charge is -2.20. The molecule has 168 valence electrons. The van der Waals surface area contributed by atoms with E-state index in [2.05, 4.69) is 25.5 Å². The van der Waals surface area contributed by atoms with E-state index in [1.807, 2.05) is 30.3 Å². The zero-order chi connectivity index (χ0) is 22.1. The fourth-order valence-electron chi connectivity index (χ4n) is 3.75. The van der Waals surface area contributed by atoms with Crippen molar-refractivity contribution in [1.82, 2.24) is 15.3 Å². The summed E-state index contributed by atoms with van der Waals surface area (Å²) in [6, 6.07) is 12.5. The zero-order valence-corrected chi connectivity index (χ0v) is 17.4. The van der Waals surface area contributed by atoms with Gasteiger partial charge in [0.05, 0.1) is 22.4 Å². The van der Waals surface area contributed by atoms with Crippen LogP contribution >= 0.6 is 0 Å². The first-order chi connectivity index (χ1) is 15.6. The van der Waals surface area contributed by atoms with Crippen LogP contribution < -0.4 is 15.0 Å². The molecule has 9 heteroatoms. The first kappa shape index (κ1) is 22.1. The molecule has 1 N–H and O–H groups in total. The third kappa shape index (κ3) is 4.43. The molecule has 0 spiro atoms. The molecule has 33 heavy (non-hydrogen) atoms. The molecule has 0 unspecified atom stereocenters. The second kappa shape index (κ2) is 9.15. The number of rotatable bonds is 4. The summed E-state index contributed by atoms with van der Waals surface area (Å²) in [4.78, 5) is 35.8. The Labute approximate surface area is 191 Å². The van der Waals surface area contributed by atoms with Crippen molar-refractivity contribution < 1.29 is 14.3 Å². The van der Waals surface area contributed by atoms with Crippen LogP contribution in [-0.2, 0) is 16.0 Å². The Bertz CT molecular complexity index is 1270. The largest absolute Gasteiger partial charge is 0.489 e. The summed E-state index contributed by atoms with van der Waals surface area (Å²) >= 11 is 0. The number of nitrogens with one attached hydrogen (secondary N) is 1. The van der Waals surface area contributed by atoms with Gasteiger partial charge in [-0.15, -0.1) is 5.10 Å². The van der Waals surface area contributed by atoms with Crippen molar-refractivity contribution >= 4 is 40.0 Å². The second-order valence-electron chi connectivity index (χ2n) is 7.65. The van der Waals surface area contributed by atoms with E-state index in [0.29, 0.717) is 35.3 Å². The fraction of sp³-hybridized carbons (Fsp3) is 0.250. The van der Waals surface area contributed by atoms with Gasteiger partial charge in [-0.2, -0.15) is 5.10 Å². The average Bonchev–Trinajstić information content (AvgIpc) is 3.25. The maximum absolute atomic E-state index is 13.0. The van der Waals surface area contributed by atoms with E-state index in [9.17, 15) is 9.59 Å². The topological polar surface area (TPSA) is 109 Å². The highest BCUT2D eigenvalue weighted by Gasteiger charge is 2.32. The van der Waals surface area contributed by atoms with Crippen LogP contribution in [-0.4, -0.2) is 52.9 Å². The highest BCUT2D eigenvalue weighted by Crippen LogP contribution is 2.33. The van der Waals surface area contributed by atoms with Gasteiger partial charge < -0.3 is 15.0 Å². The Morgan fingerprint density at radius 1 is 1.12 bits per heavy atom. The normalized spacial score (nSPS) is 17.3. The molecule has 2 aliphatic heterocycles. The molecule has 5 rings (SSSR count). The molecule has 3 heterocycles. The van der Waals surface area contributed by atoms with Crippen LogP contribution in [0.5, 0.6) is 5.75 Å². The lowest BCUT2D eigenvalue weighted by molar-refractivity contribution is -0.124. The number of benzene rings is 2.